The van der Waals surface area contributed by atoms with Crippen LogP contribution in [0.5, 0.6) is 5.75 Å². The molecule has 0 atom stereocenters. The minimum atomic E-state index is 0.00475. The average molecular weight is 362 g/mol. The van der Waals surface area contributed by atoms with Crippen LogP contribution in [0.2, 0.25) is 0 Å². The molecular weight excluding hydrogens is 336 g/mol. The van der Waals surface area contributed by atoms with Crippen LogP contribution < -0.4 is 5.56 Å². The summed E-state index contributed by atoms with van der Waals surface area (Å²) in [6.45, 7) is 4.65. The van der Waals surface area contributed by atoms with Crippen molar-refractivity contribution in [2.45, 2.75) is 46.1 Å². The van der Waals surface area contributed by atoms with Crippen molar-refractivity contribution in [1.82, 2.24) is 9.55 Å². The van der Waals surface area contributed by atoms with Gasteiger partial charge in [-0.3, -0.25) is 9.36 Å². The van der Waals surface area contributed by atoms with Crippen molar-refractivity contribution < 1.29 is 5.11 Å². The van der Waals surface area contributed by atoms with Gasteiger partial charge in [0.2, 0.25) is 0 Å². The van der Waals surface area contributed by atoms with Gasteiger partial charge in [0.25, 0.3) is 5.56 Å². The molecule has 1 heterocycles. The zero-order valence-corrected chi connectivity index (χ0v) is 16.0. The van der Waals surface area contributed by atoms with E-state index in [9.17, 15) is 9.90 Å². The first kappa shape index (κ1) is 18.9. The van der Waals surface area contributed by atoms with Gasteiger partial charge in [0, 0.05) is 17.7 Å². The number of para-hydroxylation sites is 1. The fourth-order valence-corrected chi connectivity index (χ4v) is 3.32. The highest BCUT2D eigenvalue weighted by Crippen LogP contribution is 2.29. The molecule has 0 bridgehead atoms. The SMILES string of the molecule is CCCCn1c(C)nc(-c2ccccc2O)c(CCc2ccccc2)c1=O. The Hall–Kier alpha value is -2.88. The number of benzene rings is 2. The van der Waals surface area contributed by atoms with Crippen molar-refractivity contribution in [2.24, 2.45) is 0 Å². The molecule has 1 N–H and O–H groups in total. The van der Waals surface area contributed by atoms with Gasteiger partial charge in [-0.25, -0.2) is 4.98 Å². The molecule has 0 amide bonds. The predicted octanol–water partition coefficient (Wildman–Crippen LogP) is 4.51. The summed E-state index contributed by atoms with van der Waals surface area (Å²) in [4.78, 5) is 18.0. The first-order valence-corrected chi connectivity index (χ1v) is 9.54. The third kappa shape index (κ3) is 4.27. The summed E-state index contributed by atoms with van der Waals surface area (Å²) in [5, 5.41) is 10.3. The monoisotopic (exact) mass is 362 g/mol. The van der Waals surface area contributed by atoms with Crippen LogP contribution >= 0.6 is 0 Å². The highest BCUT2D eigenvalue weighted by atomic mass is 16.3. The molecule has 0 spiro atoms. The van der Waals surface area contributed by atoms with Crippen molar-refractivity contribution in [3.63, 3.8) is 0 Å². The Morgan fingerprint density at radius 2 is 1.70 bits per heavy atom. The van der Waals surface area contributed by atoms with E-state index in [-0.39, 0.29) is 11.3 Å². The van der Waals surface area contributed by atoms with Crippen molar-refractivity contribution in [2.75, 3.05) is 0 Å². The number of nitrogens with zero attached hydrogens (tertiary/aromatic N) is 2. The van der Waals surface area contributed by atoms with Gasteiger partial charge in [0.15, 0.2) is 0 Å². The van der Waals surface area contributed by atoms with Crippen molar-refractivity contribution in [1.29, 1.82) is 0 Å². The lowest BCUT2D eigenvalue weighted by Gasteiger charge is -2.16. The highest BCUT2D eigenvalue weighted by Gasteiger charge is 2.18. The Labute approximate surface area is 160 Å². The Morgan fingerprint density at radius 1 is 1.00 bits per heavy atom. The lowest BCUT2D eigenvalue weighted by molar-refractivity contribution is 0.477. The molecule has 27 heavy (non-hydrogen) atoms. The average Bonchev–Trinajstić information content (AvgIpc) is 2.68. The second-order valence-corrected chi connectivity index (χ2v) is 6.80. The Morgan fingerprint density at radius 3 is 2.41 bits per heavy atom. The van der Waals surface area contributed by atoms with Gasteiger partial charge in [-0.2, -0.15) is 0 Å². The van der Waals surface area contributed by atoms with Crippen LogP contribution in [0.3, 0.4) is 0 Å². The molecule has 0 saturated carbocycles. The Balaban J connectivity index is 2.08. The molecule has 140 valence electrons. The largest absolute Gasteiger partial charge is 0.507 e. The fraction of sp³-hybridized carbons (Fsp3) is 0.304. The van der Waals surface area contributed by atoms with Crippen LogP contribution in [0.15, 0.2) is 59.4 Å². The van der Waals surface area contributed by atoms with E-state index < -0.39 is 0 Å². The van der Waals surface area contributed by atoms with Crippen molar-refractivity contribution in [3.8, 4) is 17.0 Å². The van der Waals surface area contributed by atoms with Crippen LogP contribution in [0.4, 0.5) is 0 Å². The number of hydrogen-bond donors (Lipinski definition) is 1. The summed E-state index contributed by atoms with van der Waals surface area (Å²) in [5.74, 6) is 0.839. The number of phenols is 1. The summed E-state index contributed by atoms with van der Waals surface area (Å²) < 4.78 is 1.77. The van der Waals surface area contributed by atoms with E-state index in [1.165, 1.54) is 5.56 Å². The number of aromatic nitrogens is 2. The van der Waals surface area contributed by atoms with Gasteiger partial charge in [-0.05, 0) is 43.9 Å². The number of phenolic OH excluding ortho intramolecular Hbond substituents is 1. The van der Waals surface area contributed by atoms with E-state index >= 15 is 0 Å². The molecule has 2 aromatic carbocycles. The molecule has 0 unspecified atom stereocenters. The predicted molar refractivity (Wildman–Crippen MR) is 109 cm³/mol. The summed E-state index contributed by atoms with van der Waals surface area (Å²) in [6.07, 6.45) is 3.31. The molecule has 0 aliphatic carbocycles. The molecule has 4 heteroatoms. The van der Waals surface area contributed by atoms with Crippen LogP contribution in [0.1, 0.15) is 36.7 Å². The van der Waals surface area contributed by atoms with E-state index in [0.29, 0.717) is 35.6 Å². The first-order chi connectivity index (χ1) is 13.1. The maximum atomic E-state index is 13.3. The second kappa shape index (κ2) is 8.67. The first-order valence-electron chi connectivity index (χ1n) is 9.54. The van der Waals surface area contributed by atoms with E-state index in [4.69, 9.17) is 4.98 Å². The quantitative estimate of drug-likeness (QED) is 0.673. The van der Waals surface area contributed by atoms with Gasteiger partial charge >= 0.3 is 0 Å². The Bertz CT molecular complexity index is 962. The van der Waals surface area contributed by atoms with E-state index in [2.05, 4.69) is 19.1 Å². The van der Waals surface area contributed by atoms with Crippen LogP contribution in [-0.4, -0.2) is 14.7 Å². The fourth-order valence-electron chi connectivity index (χ4n) is 3.32. The minimum absolute atomic E-state index is 0.00475. The number of unbranched alkanes of at least 4 members (excludes halogenated alkanes) is 1. The van der Waals surface area contributed by atoms with Crippen LogP contribution in [-0.2, 0) is 19.4 Å². The third-order valence-electron chi connectivity index (χ3n) is 4.85. The molecule has 3 aromatic rings. The van der Waals surface area contributed by atoms with Crippen LogP contribution in [0, 0.1) is 6.92 Å². The zero-order valence-electron chi connectivity index (χ0n) is 16.0. The molecule has 0 aliphatic heterocycles. The smallest absolute Gasteiger partial charge is 0.257 e. The molecule has 4 nitrogen and oxygen atoms in total. The lowest BCUT2D eigenvalue weighted by Crippen LogP contribution is -2.28. The lowest BCUT2D eigenvalue weighted by atomic mass is 9.99. The molecule has 0 fully saturated rings. The highest BCUT2D eigenvalue weighted by molar-refractivity contribution is 5.69. The van der Waals surface area contributed by atoms with Crippen LogP contribution in [0.25, 0.3) is 11.3 Å². The third-order valence-corrected chi connectivity index (χ3v) is 4.85. The summed E-state index contributed by atoms with van der Waals surface area (Å²) >= 11 is 0. The number of rotatable bonds is 7. The van der Waals surface area contributed by atoms with Gasteiger partial charge in [-0.1, -0.05) is 55.8 Å². The maximum Gasteiger partial charge on any atom is 0.257 e. The summed E-state index contributed by atoms with van der Waals surface area (Å²) in [7, 11) is 0. The van der Waals surface area contributed by atoms with Gasteiger partial charge in [0.1, 0.15) is 11.6 Å². The molecule has 1 aromatic heterocycles. The maximum absolute atomic E-state index is 13.3. The number of aromatic hydroxyl groups is 1. The molecule has 0 aliphatic rings. The zero-order chi connectivity index (χ0) is 19.2. The normalized spacial score (nSPS) is 10.9. The summed E-state index contributed by atoms with van der Waals surface area (Å²) in [5.41, 5.74) is 3.07. The molecule has 0 saturated heterocycles. The van der Waals surface area contributed by atoms with E-state index in [0.717, 1.165) is 19.3 Å². The number of hydrogen-bond acceptors (Lipinski definition) is 3. The van der Waals surface area contributed by atoms with E-state index in [1.54, 1.807) is 16.7 Å². The topological polar surface area (TPSA) is 55.1 Å². The van der Waals surface area contributed by atoms with Crippen molar-refractivity contribution in [3.05, 3.63) is 81.9 Å². The molecule has 0 radical (unpaired) electrons. The van der Waals surface area contributed by atoms with Gasteiger partial charge in [0.05, 0.1) is 5.69 Å². The van der Waals surface area contributed by atoms with E-state index in [1.807, 2.05) is 37.3 Å². The van der Waals surface area contributed by atoms with Gasteiger partial charge in [-0.15, -0.1) is 0 Å². The Kier molecular flexibility index (Phi) is 6.07. The standard InChI is InChI=1S/C23H26N2O2/c1-3-4-16-25-17(2)24-22(19-12-8-9-13-21(19)26)20(23(25)27)15-14-18-10-6-5-7-11-18/h5-13,26H,3-4,14-16H2,1-2H3. The minimum Gasteiger partial charge on any atom is -0.507 e. The van der Waals surface area contributed by atoms with Gasteiger partial charge < -0.3 is 5.11 Å². The van der Waals surface area contributed by atoms with Crippen molar-refractivity contribution >= 4 is 0 Å². The second-order valence-electron chi connectivity index (χ2n) is 6.80. The molecular formula is C23H26N2O2. The number of aryl methyl sites for hydroxylation is 2. The summed E-state index contributed by atoms with van der Waals surface area (Å²) in [6, 6.07) is 17.2. The molecule has 3 rings (SSSR count).